The van der Waals surface area contributed by atoms with Gasteiger partial charge in [0.1, 0.15) is 8.96 Å². The Labute approximate surface area is 85.4 Å². The Balaban J connectivity index is 3.61. The molecule has 0 fully saturated rings. The average Bonchev–Trinajstić information content (AvgIpc) is 2.17. The van der Waals surface area contributed by atoms with E-state index in [1.54, 1.807) is 0 Å². The summed E-state index contributed by atoms with van der Waals surface area (Å²) in [5.74, 6) is 0. The topological polar surface area (TPSA) is 15.3 Å². The SMILES string of the molecule is CCC(C)[SiH](C)NCN(CC)CC. The summed E-state index contributed by atoms with van der Waals surface area (Å²) in [6.45, 7) is 14.9. The van der Waals surface area contributed by atoms with Crippen LogP contribution in [0.5, 0.6) is 0 Å². The number of nitrogens with one attached hydrogen (secondary N) is 1. The fraction of sp³-hybridized carbons (Fsp3) is 1.00. The molecular formula is C10H26N2Si. The van der Waals surface area contributed by atoms with Gasteiger partial charge in [-0.15, -0.1) is 0 Å². The first kappa shape index (κ1) is 13.1. The minimum atomic E-state index is -0.672. The highest BCUT2D eigenvalue weighted by molar-refractivity contribution is 6.56. The van der Waals surface area contributed by atoms with Crippen LogP contribution < -0.4 is 4.98 Å². The van der Waals surface area contributed by atoms with Gasteiger partial charge < -0.3 is 4.98 Å². The van der Waals surface area contributed by atoms with Crippen LogP contribution in [-0.4, -0.2) is 33.6 Å². The van der Waals surface area contributed by atoms with Crippen LogP contribution in [0.25, 0.3) is 0 Å². The Morgan fingerprint density at radius 1 is 1.23 bits per heavy atom. The van der Waals surface area contributed by atoms with Crippen molar-refractivity contribution in [1.82, 2.24) is 9.88 Å². The van der Waals surface area contributed by atoms with Gasteiger partial charge in [-0.3, -0.25) is 4.90 Å². The molecule has 0 radical (unpaired) electrons. The van der Waals surface area contributed by atoms with Gasteiger partial charge >= 0.3 is 0 Å². The molecule has 0 aromatic heterocycles. The van der Waals surface area contributed by atoms with E-state index in [0.717, 1.165) is 25.3 Å². The van der Waals surface area contributed by atoms with Gasteiger partial charge in [-0.2, -0.15) is 0 Å². The van der Waals surface area contributed by atoms with E-state index in [4.69, 9.17) is 0 Å². The maximum atomic E-state index is 3.70. The van der Waals surface area contributed by atoms with Gasteiger partial charge in [-0.05, 0) is 18.6 Å². The summed E-state index contributed by atoms with van der Waals surface area (Å²) >= 11 is 0. The zero-order chi connectivity index (χ0) is 10.3. The van der Waals surface area contributed by atoms with Crippen LogP contribution in [0.3, 0.4) is 0 Å². The molecule has 3 heteroatoms. The van der Waals surface area contributed by atoms with Crippen LogP contribution in [0.1, 0.15) is 34.1 Å². The molecule has 0 rings (SSSR count). The third-order valence-corrected chi connectivity index (χ3v) is 6.03. The van der Waals surface area contributed by atoms with Gasteiger partial charge in [0, 0.05) is 6.67 Å². The first-order valence-electron chi connectivity index (χ1n) is 5.61. The molecule has 0 bridgehead atoms. The molecule has 0 aromatic carbocycles. The van der Waals surface area contributed by atoms with Gasteiger partial charge in [-0.1, -0.05) is 40.7 Å². The highest BCUT2D eigenvalue weighted by Crippen LogP contribution is 2.10. The molecule has 0 amide bonds. The van der Waals surface area contributed by atoms with Crippen molar-refractivity contribution < 1.29 is 0 Å². The van der Waals surface area contributed by atoms with E-state index < -0.39 is 8.96 Å². The second-order valence-electron chi connectivity index (χ2n) is 3.84. The van der Waals surface area contributed by atoms with Crippen LogP contribution in [0, 0.1) is 0 Å². The predicted octanol–water partition coefficient (Wildman–Crippen LogP) is 2.03. The van der Waals surface area contributed by atoms with Crippen molar-refractivity contribution in [2.45, 2.75) is 46.2 Å². The third-order valence-electron chi connectivity index (χ3n) is 3.03. The summed E-state index contributed by atoms with van der Waals surface area (Å²) in [6.07, 6.45) is 1.32. The van der Waals surface area contributed by atoms with Crippen LogP contribution in [0.4, 0.5) is 0 Å². The smallest absolute Gasteiger partial charge is 0.109 e. The molecular weight excluding hydrogens is 176 g/mol. The Bertz CT molecular complexity index is 115. The molecule has 0 spiro atoms. The number of hydrogen-bond acceptors (Lipinski definition) is 2. The molecule has 0 aliphatic heterocycles. The quantitative estimate of drug-likeness (QED) is 0.502. The molecule has 0 aromatic rings. The summed E-state index contributed by atoms with van der Waals surface area (Å²) in [5.41, 5.74) is 0.913. The number of nitrogens with zero attached hydrogens (tertiary/aromatic N) is 1. The fourth-order valence-corrected chi connectivity index (χ4v) is 2.93. The maximum Gasteiger partial charge on any atom is 0.109 e. The zero-order valence-corrected chi connectivity index (χ0v) is 11.1. The van der Waals surface area contributed by atoms with Crippen molar-refractivity contribution in [1.29, 1.82) is 0 Å². The highest BCUT2D eigenvalue weighted by atomic mass is 28.3. The third kappa shape index (κ3) is 5.44. The second kappa shape index (κ2) is 7.53. The van der Waals surface area contributed by atoms with E-state index in [9.17, 15) is 0 Å². The lowest BCUT2D eigenvalue weighted by Crippen LogP contribution is -2.42. The van der Waals surface area contributed by atoms with Crippen molar-refractivity contribution in [2.75, 3.05) is 19.8 Å². The normalized spacial score (nSPS) is 16.2. The lowest BCUT2D eigenvalue weighted by Gasteiger charge is -2.24. The summed E-state index contributed by atoms with van der Waals surface area (Å²) in [6, 6.07) is 0. The van der Waals surface area contributed by atoms with Crippen LogP contribution in [-0.2, 0) is 0 Å². The summed E-state index contributed by atoms with van der Waals surface area (Å²) in [4.78, 5) is 6.14. The van der Waals surface area contributed by atoms with E-state index in [0.29, 0.717) is 0 Å². The van der Waals surface area contributed by atoms with Gasteiger partial charge in [0.2, 0.25) is 0 Å². The Kier molecular flexibility index (Phi) is 7.61. The second-order valence-corrected chi connectivity index (χ2v) is 6.96. The molecule has 2 unspecified atom stereocenters. The van der Waals surface area contributed by atoms with E-state index in [-0.39, 0.29) is 0 Å². The lowest BCUT2D eigenvalue weighted by molar-refractivity contribution is 0.299. The number of rotatable bonds is 7. The van der Waals surface area contributed by atoms with Gasteiger partial charge in [-0.25, -0.2) is 0 Å². The zero-order valence-electron chi connectivity index (χ0n) is 9.93. The molecule has 2 atom stereocenters. The Hall–Kier alpha value is 0.137. The predicted molar refractivity (Wildman–Crippen MR) is 63.7 cm³/mol. The molecule has 0 saturated carbocycles. The van der Waals surface area contributed by atoms with Gasteiger partial charge in [0.15, 0.2) is 0 Å². The molecule has 0 saturated heterocycles. The molecule has 1 N–H and O–H groups in total. The van der Waals surface area contributed by atoms with E-state index in [1.807, 2.05) is 0 Å². The Morgan fingerprint density at radius 3 is 2.15 bits per heavy atom. The average molecular weight is 202 g/mol. The minimum Gasteiger partial charge on any atom is -0.328 e. The summed E-state index contributed by atoms with van der Waals surface area (Å²) in [7, 11) is -0.672. The number of hydrogen-bond donors (Lipinski definition) is 1. The van der Waals surface area contributed by atoms with Crippen molar-refractivity contribution in [3.63, 3.8) is 0 Å². The lowest BCUT2D eigenvalue weighted by atomic mass is 10.4. The standard InChI is InChI=1S/C10H26N2Si/c1-6-10(4)13(5)11-9-12(7-2)8-3/h10-11,13H,6-9H2,1-5H3. The fourth-order valence-electron chi connectivity index (χ4n) is 1.28. The van der Waals surface area contributed by atoms with E-state index in [2.05, 4.69) is 44.1 Å². The van der Waals surface area contributed by atoms with E-state index >= 15 is 0 Å². The van der Waals surface area contributed by atoms with Crippen LogP contribution in [0.2, 0.25) is 12.1 Å². The molecule has 13 heavy (non-hydrogen) atoms. The molecule has 0 heterocycles. The largest absolute Gasteiger partial charge is 0.328 e. The highest BCUT2D eigenvalue weighted by Gasteiger charge is 2.11. The first-order chi connectivity index (χ1) is 6.15. The van der Waals surface area contributed by atoms with Crippen LogP contribution in [0.15, 0.2) is 0 Å². The summed E-state index contributed by atoms with van der Waals surface area (Å²) in [5, 5.41) is 0. The molecule has 0 aliphatic rings. The van der Waals surface area contributed by atoms with E-state index in [1.165, 1.54) is 6.42 Å². The Morgan fingerprint density at radius 2 is 1.77 bits per heavy atom. The van der Waals surface area contributed by atoms with Crippen molar-refractivity contribution in [3.05, 3.63) is 0 Å². The molecule has 80 valence electrons. The molecule has 2 nitrogen and oxygen atoms in total. The van der Waals surface area contributed by atoms with Crippen molar-refractivity contribution in [2.24, 2.45) is 0 Å². The van der Waals surface area contributed by atoms with Crippen molar-refractivity contribution in [3.8, 4) is 0 Å². The van der Waals surface area contributed by atoms with Gasteiger partial charge in [0.05, 0.1) is 0 Å². The summed E-state index contributed by atoms with van der Waals surface area (Å²) < 4.78 is 0. The minimum absolute atomic E-state index is 0.672. The maximum absolute atomic E-state index is 3.70. The van der Waals surface area contributed by atoms with Crippen LogP contribution >= 0.6 is 0 Å². The monoisotopic (exact) mass is 202 g/mol. The first-order valence-corrected chi connectivity index (χ1v) is 8.01. The molecule has 0 aliphatic carbocycles. The van der Waals surface area contributed by atoms with Gasteiger partial charge in [0.25, 0.3) is 0 Å². The van der Waals surface area contributed by atoms with Crippen molar-refractivity contribution >= 4 is 8.96 Å².